The van der Waals surface area contributed by atoms with Crippen LogP contribution in [0.3, 0.4) is 0 Å². The molecule has 0 bridgehead atoms. The van der Waals surface area contributed by atoms with Gasteiger partial charge in [0.25, 0.3) is 5.91 Å². The van der Waals surface area contributed by atoms with E-state index in [1.165, 1.54) is 0 Å². The molecule has 1 aromatic carbocycles. The van der Waals surface area contributed by atoms with Crippen molar-refractivity contribution in [1.82, 2.24) is 10.2 Å². The number of aldehydes is 1. The number of nitrogens with one attached hydrogen (secondary N) is 1. The van der Waals surface area contributed by atoms with Gasteiger partial charge in [-0.1, -0.05) is 12.1 Å². The van der Waals surface area contributed by atoms with E-state index in [4.69, 9.17) is 9.47 Å². The van der Waals surface area contributed by atoms with Crippen molar-refractivity contribution in [3.8, 4) is 0 Å². The smallest absolute Gasteiger partial charge is 0.407 e. The molecule has 1 aliphatic rings. The molecule has 7 nitrogen and oxygen atoms in total. The maximum absolute atomic E-state index is 12.5. The zero-order valence-electron chi connectivity index (χ0n) is 14.8. The van der Waals surface area contributed by atoms with Gasteiger partial charge < -0.3 is 19.7 Å². The Bertz CT molecular complexity index is 621. The third-order valence-corrected chi connectivity index (χ3v) is 3.59. The Morgan fingerprint density at radius 1 is 1.32 bits per heavy atom. The average Bonchev–Trinajstić information content (AvgIpc) is 2.58. The van der Waals surface area contributed by atoms with Crippen LogP contribution >= 0.6 is 0 Å². The first-order valence-electron chi connectivity index (χ1n) is 8.21. The molecule has 1 atom stereocenters. The molecule has 136 valence electrons. The standard InChI is InChI=1S/C18H24N2O5/c1-18(2,3)25-17(23)19-10-15-11-20(8-9-24-15)16(22)14-6-4-13(12-21)5-7-14/h4-7,12,15H,8-11H2,1-3H3,(H,19,23)/t15-/m1/s1. The number of rotatable bonds is 4. The normalized spacial score (nSPS) is 17.7. The highest BCUT2D eigenvalue weighted by molar-refractivity contribution is 5.95. The molecule has 0 saturated carbocycles. The second-order valence-electron chi connectivity index (χ2n) is 6.87. The van der Waals surface area contributed by atoms with E-state index in [1.807, 2.05) is 0 Å². The third-order valence-electron chi connectivity index (χ3n) is 3.59. The lowest BCUT2D eigenvalue weighted by Crippen LogP contribution is -2.50. The second kappa shape index (κ2) is 8.11. The molecule has 0 unspecified atom stereocenters. The lowest BCUT2D eigenvalue weighted by molar-refractivity contribution is -0.0218. The maximum atomic E-state index is 12.5. The van der Waals surface area contributed by atoms with Crippen molar-refractivity contribution in [1.29, 1.82) is 0 Å². The van der Waals surface area contributed by atoms with Crippen LogP contribution in [0.4, 0.5) is 4.79 Å². The number of hydrogen-bond acceptors (Lipinski definition) is 5. The van der Waals surface area contributed by atoms with Gasteiger partial charge in [-0.15, -0.1) is 0 Å². The highest BCUT2D eigenvalue weighted by Crippen LogP contribution is 2.12. The summed E-state index contributed by atoms with van der Waals surface area (Å²) in [4.78, 5) is 36.6. The molecule has 0 aromatic heterocycles. The van der Waals surface area contributed by atoms with E-state index in [0.717, 1.165) is 6.29 Å². The topological polar surface area (TPSA) is 84.9 Å². The van der Waals surface area contributed by atoms with E-state index in [-0.39, 0.29) is 18.6 Å². The fourth-order valence-electron chi connectivity index (χ4n) is 2.43. The van der Waals surface area contributed by atoms with Crippen LogP contribution < -0.4 is 5.32 Å². The Hall–Kier alpha value is -2.41. The van der Waals surface area contributed by atoms with E-state index >= 15 is 0 Å². The Balaban J connectivity index is 1.88. The predicted molar refractivity (Wildman–Crippen MR) is 91.7 cm³/mol. The summed E-state index contributed by atoms with van der Waals surface area (Å²) in [5, 5.41) is 2.66. The lowest BCUT2D eigenvalue weighted by atomic mass is 10.1. The number of amides is 2. The van der Waals surface area contributed by atoms with Crippen molar-refractivity contribution in [2.75, 3.05) is 26.2 Å². The summed E-state index contributed by atoms with van der Waals surface area (Å²) in [7, 11) is 0. The van der Waals surface area contributed by atoms with Gasteiger partial charge in [-0.05, 0) is 32.9 Å². The average molecular weight is 348 g/mol. The first-order chi connectivity index (χ1) is 11.8. The largest absolute Gasteiger partial charge is 0.444 e. The minimum atomic E-state index is -0.562. The molecule has 0 radical (unpaired) electrons. The number of morpholine rings is 1. The summed E-state index contributed by atoms with van der Waals surface area (Å²) >= 11 is 0. The van der Waals surface area contributed by atoms with E-state index < -0.39 is 11.7 Å². The number of nitrogens with zero attached hydrogens (tertiary/aromatic N) is 1. The molecule has 7 heteroatoms. The number of carbonyl (C=O) groups excluding carboxylic acids is 3. The molecule has 1 saturated heterocycles. The van der Waals surface area contributed by atoms with E-state index in [0.29, 0.717) is 30.8 Å². The Kier molecular flexibility index (Phi) is 6.14. The van der Waals surface area contributed by atoms with Gasteiger partial charge in [-0.25, -0.2) is 4.79 Å². The minimum absolute atomic E-state index is 0.122. The van der Waals surface area contributed by atoms with Crippen LogP contribution in [0.2, 0.25) is 0 Å². The van der Waals surface area contributed by atoms with Crippen molar-refractivity contribution >= 4 is 18.3 Å². The number of alkyl carbamates (subject to hydrolysis) is 1. The molecule has 1 N–H and O–H groups in total. The molecule has 1 fully saturated rings. The van der Waals surface area contributed by atoms with E-state index in [2.05, 4.69) is 5.32 Å². The van der Waals surface area contributed by atoms with Gasteiger partial charge in [0, 0.05) is 30.8 Å². The summed E-state index contributed by atoms with van der Waals surface area (Å²) in [5.74, 6) is -0.122. The van der Waals surface area contributed by atoms with Crippen molar-refractivity contribution in [2.24, 2.45) is 0 Å². The predicted octanol–water partition coefficient (Wildman–Crippen LogP) is 1.86. The minimum Gasteiger partial charge on any atom is -0.444 e. The Labute approximate surface area is 147 Å². The summed E-state index contributed by atoms with van der Waals surface area (Å²) in [5.41, 5.74) is 0.483. The molecular formula is C18H24N2O5. The first kappa shape index (κ1) is 18.9. The van der Waals surface area contributed by atoms with Gasteiger partial charge in [0.05, 0.1) is 12.7 Å². The maximum Gasteiger partial charge on any atom is 0.407 e. The van der Waals surface area contributed by atoms with Crippen LogP contribution in [0.5, 0.6) is 0 Å². The molecule has 0 spiro atoms. The molecule has 2 rings (SSSR count). The Morgan fingerprint density at radius 2 is 2.00 bits per heavy atom. The molecule has 1 heterocycles. The van der Waals surface area contributed by atoms with Crippen LogP contribution in [0, 0.1) is 0 Å². The van der Waals surface area contributed by atoms with E-state index in [1.54, 1.807) is 49.9 Å². The lowest BCUT2D eigenvalue weighted by Gasteiger charge is -2.33. The van der Waals surface area contributed by atoms with Crippen molar-refractivity contribution in [3.63, 3.8) is 0 Å². The van der Waals surface area contributed by atoms with Gasteiger partial charge in [0.1, 0.15) is 11.9 Å². The van der Waals surface area contributed by atoms with Gasteiger partial charge in [0.2, 0.25) is 0 Å². The second-order valence-corrected chi connectivity index (χ2v) is 6.87. The number of carbonyl (C=O) groups is 3. The quantitative estimate of drug-likeness (QED) is 0.840. The molecule has 25 heavy (non-hydrogen) atoms. The first-order valence-corrected chi connectivity index (χ1v) is 8.21. The van der Waals surface area contributed by atoms with Crippen molar-refractivity contribution in [3.05, 3.63) is 35.4 Å². The molecule has 2 amide bonds. The van der Waals surface area contributed by atoms with Gasteiger partial charge in [0.15, 0.2) is 0 Å². The zero-order valence-corrected chi connectivity index (χ0v) is 14.8. The van der Waals surface area contributed by atoms with Crippen molar-refractivity contribution < 1.29 is 23.9 Å². The number of benzene rings is 1. The Morgan fingerprint density at radius 3 is 2.60 bits per heavy atom. The van der Waals surface area contributed by atoms with Crippen molar-refractivity contribution in [2.45, 2.75) is 32.5 Å². The van der Waals surface area contributed by atoms with Gasteiger partial charge in [-0.2, -0.15) is 0 Å². The molecule has 1 aromatic rings. The van der Waals surface area contributed by atoms with Crippen LogP contribution in [-0.2, 0) is 9.47 Å². The molecule has 1 aliphatic heterocycles. The van der Waals surface area contributed by atoms with Crippen LogP contribution in [-0.4, -0.2) is 61.1 Å². The summed E-state index contributed by atoms with van der Waals surface area (Å²) < 4.78 is 10.8. The fourth-order valence-corrected chi connectivity index (χ4v) is 2.43. The number of hydrogen-bond donors (Lipinski definition) is 1. The summed E-state index contributed by atoms with van der Waals surface area (Å²) in [6.45, 7) is 6.91. The van der Waals surface area contributed by atoms with Gasteiger partial charge in [-0.3, -0.25) is 9.59 Å². The number of ether oxygens (including phenoxy) is 2. The molecule has 0 aliphatic carbocycles. The fraction of sp³-hybridized carbons (Fsp3) is 0.500. The van der Waals surface area contributed by atoms with Crippen LogP contribution in [0.1, 0.15) is 41.5 Å². The summed E-state index contributed by atoms with van der Waals surface area (Å²) in [6.07, 6.45) is -0.0649. The highest BCUT2D eigenvalue weighted by atomic mass is 16.6. The summed E-state index contributed by atoms with van der Waals surface area (Å²) in [6, 6.07) is 6.50. The van der Waals surface area contributed by atoms with Crippen LogP contribution in [0.25, 0.3) is 0 Å². The SMILES string of the molecule is CC(C)(C)OC(=O)NC[C@@H]1CN(C(=O)c2ccc(C=O)cc2)CCO1. The van der Waals surface area contributed by atoms with E-state index in [9.17, 15) is 14.4 Å². The van der Waals surface area contributed by atoms with Gasteiger partial charge >= 0.3 is 6.09 Å². The third kappa shape index (κ3) is 5.86. The highest BCUT2D eigenvalue weighted by Gasteiger charge is 2.26. The molecular weight excluding hydrogens is 324 g/mol. The monoisotopic (exact) mass is 348 g/mol. The zero-order chi connectivity index (χ0) is 18.4. The van der Waals surface area contributed by atoms with Crippen LogP contribution in [0.15, 0.2) is 24.3 Å².